The van der Waals surface area contributed by atoms with E-state index < -0.39 is 0 Å². The van der Waals surface area contributed by atoms with Gasteiger partial charge in [-0.3, -0.25) is 0 Å². The van der Waals surface area contributed by atoms with E-state index in [1.807, 2.05) is 0 Å². The normalized spacial score (nSPS) is 26.4. The Bertz CT molecular complexity index is 204. The summed E-state index contributed by atoms with van der Waals surface area (Å²) in [7, 11) is 1.67. The van der Waals surface area contributed by atoms with Crippen molar-refractivity contribution in [3.8, 4) is 0 Å². The van der Waals surface area contributed by atoms with E-state index in [9.17, 15) is 4.79 Å². The molecule has 2 atom stereocenters. The number of hydrogen-bond acceptors (Lipinski definition) is 1. The Morgan fingerprint density at radius 1 is 1.40 bits per heavy atom. The zero-order chi connectivity index (χ0) is 11.3. The quantitative estimate of drug-likeness (QED) is 0.741. The van der Waals surface area contributed by atoms with Gasteiger partial charge in [-0.2, -0.15) is 0 Å². The van der Waals surface area contributed by atoms with Crippen LogP contribution in [0.1, 0.15) is 46.0 Å². The van der Waals surface area contributed by atoms with Crippen molar-refractivity contribution in [3.63, 3.8) is 0 Å². The lowest BCUT2D eigenvalue weighted by Crippen LogP contribution is -2.42. The van der Waals surface area contributed by atoms with Crippen LogP contribution in [0.2, 0.25) is 0 Å². The number of nitrogens with one attached hydrogen (secondary N) is 2. The molecule has 88 valence electrons. The second-order valence-corrected chi connectivity index (χ2v) is 5.08. The van der Waals surface area contributed by atoms with E-state index in [1.54, 1.807) is 7.05 Å². The number of rotatable bonds is 3. The van der Waals surface area contributed by atoms with E-state index in [1.165, 1.54) is 19.3 Å². The average molecular weight is 212 g/mol. The third-order valence-corrected chi connectivity index (χ3v) is 3.15. The van der Waals surface area contributed by atoms with Crippen LogP contribution in [0.25, 0.3) is 0 Å². The molecule has 0 aliphatic heterocycles. The van der Waals surface area contributed by atoms with Crippen molar-refractivity contribution >= 4 is 6.03 Å². The van der Waals surface area contributed by atoms with Crippen LogP contribution < -0.4 is 10.6 Å². The van der Waals surface area contributed by atoms with Gasteiger partial charge in [-0.05, 0) is 31.1 Å². The molecule has 1 aliphatic carbocycles. The molecule has 1 fully saturated rings. The molecule has 2 unspecified atom stereocenters. The molecule has 1 saturated carbocycles. The van der Waals surface area contributed by atoms with Crippen LogP contribution in [0.3, 0.4) is 0 Å². The summed E-state index contributed by atoms with van der Waals surface area (Å²) in [5.74, 6) is 1.58. The summed E-state index contributed by atoms with van der Waals surface area (Å²) >= 11 is 0. The lowest BCUT2D eigenvalue weighted by Gasteiger charge is -2.30. The van der Waals surface area contributed by atoms with E-state index in [2.05, 4.69) is 24.5 Å². The number of urea groups is 1. The van der Waals surface area contributed by atoms with Crippen molar-refractivity contribution in [1.29, 1.82) is 0 Å². The van der Waals surface area contributed by atoms with Crippen molar-refractivity contribution in [2.45, 2.75) is 52.0 Å². The van der Waals surface area contributed by atoms with Gasteiger partial charge in [-0.25, -0.2) is 4.79 Å². The van der Waals surface area contributed by atoms with Crippen molar-refractivity contribution < 1.29 is 4.79 Å². The van der Waals surface area contributed by atoms with Gasteiger partial charge in [-0.15, -0.1) is 0 Å². The highest BCUT2D eigenvalue weighted by molar-refractivity contribution is 5.73. The standard InChI is InChI=1S/C12H24N2O/c1-9(2)7-10-5-4-6-11(8-10)14-12(15)13-3/h9-11H,4-8H2,1-3H3,(H2,13,14,15). The van der Waals surface area contributed by atoms with Crippen molar-refractivity contribution in [3.05, 3.63) is 0 Å². The van der Waals surface area contributed by atoms with Crippen LogP contribution in [-0.2, 0) is 0 Å². The Hall–Kier alpha value is -0.730. The first-order valence-electron chi connectivity index (χ1n) is 6.10. The summed E-state index contributed by atoms with van der Waals surface area (Å²) in [6, 6.07) is 0.354. The second-order valence-electron chi connectivity index (χ2n) is 5.08. The van der Waals surface area contributed by atoms with Crippen LogP contribution in [0.15, 0.2) is 0 Å². The molecule has 1 rings (SSSR count). The molecule has 0 spiro atoms. The maximum absolute atomic E-state index is 11.2. The third-order valence-electron chi connectivity index (χ3n) is 3.15. The van der Waals surface area contributed by atoms with E-state index in [4.69, 9.17) is 0 Å². The second kappa shape index (κ2) is 5.99. The molecule has 0 saturated heterocycles. The predicted octanol–water partition coefficient (Wildman–Crippen LogP) is 2.52. The van der Waals surface area contributed by atoms with Crippen molar-refractivity contribution in [2.75, 3.05) is 7.05 Å². The molecule has 1 aliphatic rings. The topological polar surface area (TPSA) is 41.1 Å². The fourth-order valence-electron chi connectivity index (χ4n) is 2.56. The molecule has 3 nitrogen and oxygen atoms in total. The van der Waals surface area contributed by atoms with Gasteiger partial charge in [0.25, 0.3) is 0 Å². The predicted molar refractivity (Wildman–Crippen MR) is 62.8 cm³/mol. The van der Waals surface area contributed by atoms with Gasteiger partial charge in [0.05, 0.1) is 0 Å². The fraction of sp³-hybridized carbons (Fsp3) is 0.917. The smallest absolute Gasteiger partial charge is 0.314 e. The number of amides is 2. The zero-order valence-electron chi connectivity index (χ0n) is 10.2. The van der Waals surface area contributed by atoms with E-state index >= 15 is 0 Å². The Labute approximate surface area is 93.0 Å². The highest BCUT2D eigenvalue weighted by Crippen LogP contribution is 2.29. The molecule has 0 aromatic carbocycles. The van der Waals surface area contributed by atoms with Gasteiger partial charge in [-0.1, -0.05) is 26.7 Å². The first-order valence-corrected chi connectivity index (χ1v) is 6.10. The summed E-state index contributed by atoms with van der Waals surface area (Å²) in [5, 5.41) is 5.64. The van der Waals surface area contributed by atoms with Crippen LogP contribution >= 0.6 is 0 Å². The minimum absolute atomic E-state index is 0.0369. The molecule has 2 amide bonds. The van der Waals surface area contributed by atoms with E-state index in [-0.39, 0.29) is 6.03 Å². The third kappa shape index (κ3) is 4.54. The number of carbonyl (C=O) groups excluding carboxylic acids is 1. The summed E-state index contributed by atoms with van der Waals surface area (Å²) in [5.41, 5.74) is 0. The highest BCUT2D eigenvalue weighted by atomic mass is 16.2. The monoisotopic (exact) mass is 212 g/mol. The number of hydrogen-bond donors (Lipinski definition) is 2. The summed E-state index contributed by atoms with van der Waals surface area (Å²) in [6.45, 7) is 4.55. The van der Waals surface area contributed by atoms with Gasteiger partial charge in [0.2, 0.25) is 0 Å². The molecule has 2 N–H and O–H groups in total. The van der Waals surface area contributed by atoms with Crippen LogP contribution in [0, 0.1) is 11.8 Å². The molecular formula is C12H24N2O. The summed E-state index contributed by atoms with van der Waals surface area (Å²) in [6.07, 6.45) is 6.19. The molecular weight excluding hydrogens is 188 g/mol. The van der Waals surface area contributed by atoms with Crippen LogP contribution in [-0.4, -0.2) is 19.1 Å². The molecule has 0 heterocycles. The average Bonchev–Trinajstić information content (AvgIpc) is 2.17. The molecule has 0 radical (unpaired) electrons. The molecule has 0 aromatic heterocycles. The Balaban J connectivity index is 2.32. The fourth-order valence-corrected chi connectivity index (χ4v) is 2.56. The minimum atomic E-state index is -0.0369. The van der Waals surface area contributed by atoms with Gasteiger partial charge in [0, 0.05) is 13.1 Å². The summed E-state index contributed by atoms with van der Waals surface area (Å²) < 4.78 is 0. The van der Waals surface area contributed by atoms with E-state index in [0.717, 1.165) is 24.7 Å². The van der Waals surface area contributed by atoms with Crippen molar-refractivity contribution in [1.82, 2.24) is 10.6 Å². The van der Waals surface area contributed by atoms with Crippen LogP contribution in [0.5, 0.6) is 0 Å². The van der Waals surface area contributed by atoms with Gasteiger partial charge >= 0.3 is 6.03 Å². The SMILES string of the molecule is CNC(=O)NC1CCCC(CC(C)C)C1. The highest BCUT2D eigenvalue weighted by Gasteiger charge is 2.23. The lowest BCUT2D eigenvalue weighted by atomic mass is 9.81. The maximum Gasteiger partial charge on any atom is 0.314 e. The Morgan fingerprint density at radius 3 is 2.73 bits per heavy atom. The lowest BCUT2D eigenvalue weighted by molar-refractivity contribution is 0.221. The van der Waals surface area contributed by atoms with Gasteiger partial charge in [0.1, 0.15) is 0 Å². The van der Waals surface area contributed by atoms with E-state index in [0.29, 0.717) is 6.04 Å². The van der Waals surface area contributed by atoms with Crippen LogP contribution in [0.4, 0.5) is 4.79 Å². The Kier molecular flexibility index (Phi) is 4.92. The minimum Gasteiger partial charge on any atom is -0.341 e. The first-order chi connectivity index (χ1) is 7.11. The first kappa shape index (κ1) is 12.3. The van der Waals surface area contributed by atoms with Gasteiger partial charge in [0.15, 0.2) is 0 Å². The Morgan fingerprint density at radius 2 is 2.13 bits per heavy atom. The molecule has 15 heavy (non-hydrogen) atoms. The number of carbonyl (C=O) groups is 1. The zero-order valence-corrected chi connectivity index (χ0v) is 10.2. The van der Waals surface area contributed by atoms with Gasteiger partial charge < -0.3 is 10.6 Å². The summed E-state index contributed by atoms with van der Waals surface area (Å²) in [4.78, 5) is 11.2. The molecule has 0 bridgehead atoms. The maximum atomic E-state index is 11.2. The molecule has 3 heteroatoms. The molecule has 0 aromatic rings. The largest absolute Gasteiger partial charge is 0.341 e. The van der Waals surface area contributed by atoms with Crippen molar-refractivity contribution in [2.24, 2.45) is 11.8 Å².